The first-order valence-corrected chi connectivity index (χ1v) is 12.5. The number of ether oxygens (including phenoxy) is 2. The van der Waals surface area contributed by atoms with Gasteiger partial charge in [-0.15, -0.1) is 0 Å². The highest BCUT2D eigenvalue weighted by Gasteiger charge is 2.26. The number of amides is 2. The van der Waals surface area contributed by atoms with Crippen LogP contribution in [-0.4, -0.2) is 53.0 Å². The number of fused-ring (bicyclic) bond motifs is 1. The molecule has 1 aliphatic rings. The summed E-state index contributed by atoms with van der Waals surface area (Å²) in [6.07, 6.45) is 2.22. The van der Waals surface area contributed by atoms with Crippen molar-refractivity contribution in [2.45, 2.75) is 52.9 Å². The molecule has 2 aromatic carbocycles. The maximum absolute atomic E-state index is 12.7. The van der Waals surface area contributed by atoms with Gasteiger partial charge in [0.25, 0.3) is 5.91 Å². The maximum atomic E-state index is 12.7. The molecule has 37 heavy (non-hydrogen) atoms. The van der Waals surface area contributed by atoms with E-state index in [1.165, 1.54) is 5.56 Å². The van der Waals surface area contributed by atoms with Gasteiger partial charge in [-0.05, 0) is 92.8 Å². The first kappa shape index (κ1) is 26.2. The lowest BCUT2D eigenvalue weighted by atomic mass is 9.93. The van der Waals surface area contributed by atoms with Crippen molar-refractivity contribution in [1.82, 2.24) is 14.8 Å². The van der Waals surface area contributed by atoms with Gasteiger partial charge in [-0.2, -0.15) is 0 Å². The minimum absolute atomic E-state index is 0.0813. The molecule has 0 aliphatic carbocycles. The Labute approximate surface area is 219 Å². The van der Waals surface area contributed by atoms with Gasteiger partial charge in [0.05, 0.1) is 5.69 Å². The molecule has 1 aliphatic heterocycles. The molecule has 3 aromatic rings. The summed E-state index contributed by atoms with van der Waals surface area (Å²) in [4.78, 5) is 33.1. The summed E-state index contributed by atoms with van der Waals surface area (Å²) < 4.78 is 11.8. The van der Waals surface area contributed by atoms with Crippen molar-refractivity contribution in [3.63, 3.8) is 0 Å². The first-order chi connectivity index (χ1) is 17.5. The maximum Gasteiger partial charge on any atom is 0.410 e. The fourth-order valence-electron chi connectivity index (χ4n) is 4.31. The Hall–Kier alpha value is -3.87. The van der Waals surface area contributed by atoms with E-state index in [1.807, 2.05) is 52.0 Å². The van der Waals surface area contributed by atoms with Gasteiger partial charge >= 0.3 is 6.09 Å². The van der Waals surface area contributed by atoms with Crippen molar-refractivity contribution in [3.8, 4) is 16.9 Å². The first-order valence-electron chi connectivity index (χ1n) is 12.5. The van der Waals surface area contributed by atoms with Crippen molar-refractivity contribution in [3.05, 3.63) is 82.7 Å². The smallest absolute Gasteiger partial charge is 0.410 e. The summed E-state index contributed by atoms with van der Waals surface area (Å²) in [5, 5.41) is 0. The molecule has 7 heteroatoms. The molecule has 0 fully saturated rings. The van der Waals surface area contributed by atoms with Crippen molar-refractivity contribution in [2.75, 3.05) is 20.6 Å². The predicted molar refractivity (Wildman–Crippen MR) is 144 cm³/mol. The predicted octanol–water partition coefficient (Wildman–Crippen LogP) is 5.63. The van der Waals surface area contributed by atoms with Crippen LogP contribution in [-0.2, 0) is 24.3 Å². The molecule has 2 heterocycles. The standard InChI is InChI=1S/C30H35N3O4/c1-20-11-13-31-25(15-20)19-36-27-10-9-23(28(34)32(5)6)17-26(27)22-8-7-21-12-14-33(18-24(21)16-22)29(35)37-30(2,3)4/h7-11,13,15-17H,12,14,18-19H2,1-6H3. The Bertz CT molecular complexity index is 1310. The third-order valence-corrected chi connectivity index (χ3v) is 6.16. The number of pyridine rings is 1. The second kappa shape index (κ2) is 10.6. The summed E-state index contributed by atoms with van der Waals surface area (Å²) in [6, 6.07) is 15.7. The number of hydrogen-bond donors (Lipinski definition) is 0. The van der Waals surface area contributed by atoms with Crippen LogP contribution < -0.4 is 4.74 Å². The lowest BCUT2D eigenvalue weighted by molar-refractivity contribution is 0.0224. The molecule has 0 spiro atoms. The molecule has 2 amide bonds. The monoisotopic (exact) mass is 501 g/mol. The van der Waals surface area contributed by atoms with E-state index in [-0.39, 0.29) is 12.0 Å². The average Bonchev–Trinajstić information content (AvgIpc) is 2.85. The van der Waals surface area contributed by atoms with Crippen LogP contribution in [0.3, 0.4) is 0 Å². The number of benzene rings is 2. The Morgan fingerprint density at radius 2 is 1.81 bits per heavy atom. The van der Waals surface area contributed by atoms with Crippen molar-refractivity contribution >= 4 is 12.0 Å². The van der Waals surface area contributed by atoms with Crippen LogP contribution in [0.4, 0.5) is 4.79 Å². The van der Waals surface area contributed by atoms with Gasteiger partial charge in [0.15, 0.2) is 0 Å². The average molecular weight is 502 g/mol. The fourth-order valence-corrected chi connectivity index (χ4v) is 4.31. The highest BCUT2D eigenvalue weighted by molar-refractivity contribution is 5.96. The SMILES string of the molecule is Cc1ccnc(COc2ccc(C(=O)N(C)C)cc2-c2ccc3c(c2)CN(C(=O)OC(C)(C)C)CC3)c1. The molecular weight excluding hydrogens is 466 g/mol. The number of carbonyl (C=O) groups is 2. The molecule has 194 valence electrons. The normalized spacial score (nSPS) is 13.1. The van der Waals surface area contributed by atoms with Gasteiger partial charge < -0.3 is 19.3 Å². The summed E-state index contributed by atoms with van der Waals surface area (Å²) >= 11 is 0. The molecule has 0 atom stereocenters. The van der Waals surface area contributed by atoms with E-state index in [9.17, 15) is 9.59 Å². The van der Waals surface area contributed by atoms with Crippen LogP contribution in [0, 0.1) is 6.92 Å². The van der Waals surface area contributed by atoms with E-state index in [0.717, 1.165) is 34.4 Å². The molecule has 0 saturated heterocycles. The molecule has 0 radical (unpaired) electrons. The van der Waals surface area contributed by atoms with Gasteiger partial charge in [0.2, 0.25) is 0 Å². The molecule has 4 rings (SSSR count). The molecule has 0 saturated carbocycles. The molecule has 0 N–H and O–H groups in total. The molecule has 0 bridgehead atoms. The third kappa shape index (κ3) is 6.47. The number of rotatable bonds is 5. The zero-order valence-corrected chi connectivity index (χ0v) is 22.5. The quantitative estimate of drug-likeness (QED) is 0.453. The second-order valence-corrected chi connectivity index (χ2v) is 10.7. The number of carbonyl (C=O) groups excluding carboxylic acids is 2. The summed E-state index contributed by atoms with van der Waals surface area (Å²) in [7, 11) is 3.47. The van der Waals surface area contributed by atoms with Crippen molar-refractivity contribution in [1.29, 1.82) is 0 Å². The van der Waals surface area contributed by atoms with Crippen molar-refractivity contribution < 1.29 is 19.1 Å². The summed E-state index contributed by atoms with van der Waals surface area (Å²) in [6.45, 7) is 9.03. The Balaban J connectivity index is 1.66. The van der Waals surface area contributed by atoms with E-state index < -0.39 is 5.60 Å². The van der Waals surface area contributed by atoms with Gasteiger partial charge in [0, 0.05) is 44.5 Å². The highest BCUT2D eigenvalue weighted by atomic mass is 16.6. The van der Waals surface area contributed by atoms with Crippen LogP contribution in [0.15, 0.2) is 54.7 Å². The molecule has 0 unspecified atom stereocenters. The van der Waals surface area contributed by atoms with Gasteiger partial charge in [-0.1, -0.05) is 12.1 Å². The summed E-state index contributed by atoms with van der Waals surface area (Å²) in [5.74, 6) is 0.584. The zero-order chi connectivity index (χ0) is 26.7. The van der Waals surface area contributed by atoms with E-state index in [1.54, 1.807) is 36.2 Å². The van der Waals surface area contributed by atoms with Gasteiger partial charge in [-0.25, -0.2) is 4.79 Å². The van der Waals surface area contributed by atoms with E-state index >= 15 is 0 Å². The summed E-state index contributed by atoms with van der Waals surface area (Å²) in [5.41, 5.74) is 5.98. The van der Waals surface area contributed by atoms with Crippen molar-refractivity contribution in [2.24, 2.45) is 0 Å². The number of nitrogens with zero attached hydrogens (tertiary/aromatic N) is 3. The minimum Gasteiger partial charge on any atom is -0.487 e. The fraction of sp³-hybridized carbons (Fsp3) is 0.367. The topological polar surface area (TPSA) is 72.0 Å². The minimum atomic E-state index is -0.545. The lowest BCUT2D eigenvalue weighted by Crippen LogP contribution is -2.39. The molecule has 7 nitrogen and oxygen atoms in total. The number of aryl methyl sites for hydroxylation is 1. The second-order valence-electron chi connectivity index (χ2n) is 10.7. The van der Waals surface area contributed by atoms with E-state index in [0.29, 0.717) is 31.0 Å². The van der Waals surface area contributed by atoms with Crippen LogP contribution in [0.25, 0.3) is 11.1 Å². The van der Waals surface area contributed by atoms with E-state index in [2.05, 4.69) is 23.2 Å². The van der Waals surface area contributed by atoms with E-state index in [4.69, 9.17) is 9.47 Å². The Morgan fingerprint density at radius 3 is 2.51 bits per heavy atom. The molecule has 1 aromatic heterocycles. The van der Waals surface area contributed by atoms with Gasteiger partial charge in [0.1, 0.15) is 18.0 Å². The highest BCUT2D eigenvalue weighted by Crippen LogP contribution is 2.34. The number of aromatic nitrogens is 1. The van der Waals surface area contributed by atoms with Crippen LogP contribution in [0.2, 0.25) is 0 Å². The Morgan fingerprint density at radius 1 is 1.03 bits per heavy atom. The van der Waals surface area contributed by atoms with Gasteiger partial charge in [-0.3, -0.25) is 9.78 Å². The van der Waals surface area contributed by atoms with Crippen LogP contribution >= 0.6 is 0 Å². The van der Waals surface area contributed by atoms with Crippen LogP contribution in [0.1, 0.15) is 53.5 Å². The largest absolute Gasteiger partial charge is 0.487 e. The molecular formula is C30H35N3O4. The Kier molecular flexibility index (Phi) is 7.52. The van der Waals surface area contributed by atoms with Crippen LogP contribution in [0.5, 0.6) is 5.75 Å². The number of hydrogen-bond acceptors (Lipinski definition) is 5. The third-order valence-electron chi connectivity index (χ3n) is 6.16. The lowest BCUT2D eigenvalue weighted by Gasteiger charge is -2.31. The zero-order valence-electron chi connectivity index (χ0n) is 22.5.